The number of rotatable bonds is 11. The van der Waals surface area contributed by atoms with Crippen LogP contribution in [-0.4, -0.2) is 0 Å². The fourth-order valence-electron chi connectivity index (χ4n) is 8.25. The van der Waals surface area contributed by atoms with E-state index >= 15 is 0 Å². The van der Waals surface area contributed by atoms with E-state index in [1.54, 1.807) is 0 Å². The maximum absolute atomic E-state index is 2.42. The zero-order valence-electron chi connectivity index (χ0n) is 35.5. The minimum atomic E-state index is 1.13. The lowest BCUT2D eigenvalue weighted by Crippen LogP contribution is -2.14. The topological polar surface area (TPSA) is 6.48 Å². The van der Waals surface area contributed by atoms with E-state index in [4.69, 9.17) is 0 Å². The van der Waals surface area contributed by atoms with Crippen molar-refractivity contribution in [2.75, 3.05) is 9.80 Å². The van der Waals surface area contributed by atoms with Crippen LogP contribution < -0.4 is 9.80 Å². The average molecular weight is 777 g/mol. The number of hydrogen-bond acceptors (Lipinski definition) is 2. The van der Waals surface area contributed by atoms with Gasteiger partial charge in [-0.05, 0) is 157 Å². The summed E-state index contributed by atoms with van der Waals surface area (Å²) < 4.78 is 0. The van der Waals surface area contributed by atoms with E-state index < -0.39 is 0 Å². The van der Waals surface area contributed by atoms with Gasteiger partial charge in [0.1, 0.15) is 0 Å². The lowest BCUT2D eigenvalue weighted by atomic mass is 9.97. The van der Waals surface area contributed by atoms with Gasteiger partial charge in [-0.1, -0.05) is 158 Å². The highest BCUT2D eigenvalue weighted by atomic mass is 15.2. The van der Waals surface area contributed by atoms with Crippen molar-refractivity contribution < 1.29 is 0 Å². The molecule has 0 spiro atoms. The molecule has 8 aromatic carbocycles. The molecule has 0 aromatic heterocycles. The Morgan fingerprint density at radius 2 is 0.600 bits per heavy atom. The Hall–Kier alpha value is -7.16. The molecule has 60 heavy (non-hydrogen) atoms. The first-order valence-electron chi connectivity index (χ1n) is 20.8. The number of anilines is 6. The zero-order chi connectivity index (χ0) is 41.6. The van der Waals surface area contributed by atoms with E-state index in [2.05, 4.69) is 258 Å². The molecular formula is C58H52N2. The molecule has 0 bridgehead atoms. The summed E-state index contributed by atoms with van der Waals surface area (Å²) in [6, 6.07) is 65.6. The van der Waals surface area contributed by atoms with Crippen molar-refractivity contribution in [2.24, 2.45) is 0 Å². The van der Waals surface area contributed by atoms with Gasteiger partial charge in [0.05, 0.1) is 11.4 Å². The van der Waals surface area contributed by atoms with Crippen molar-refractivity contribution in [2.45, 2.75) is 41.5 Å². The summed E-state index contributed by atoms with van der Waals surface area (Å²) in [6.07, 6.45) is 8.69. The van der Waals surface area contributed by atoms with Crippen LogP contribution >= 0.6 is 0 Å². The van der Waals surface area contributed by atoms with Gasteiger partial charge < -0.3 is 9.80 Å². The van der Waals surface area contributed by atoms with E-state index in [9.17, 15) is 0 Å². The summed E-state index contributed by atoms with van der Waals surface area (Å²) in [6.45, 7) is 13.3. The Balaban J connectivity index is 1.13. The minimum Gasteiger partial charge on any atom is -0.310 e. The predicted molar refractivity (Wildman–Crippen MR) is 260 cm³/mol. The van der Waals surface area contributed by atoms with E-state index in [1.807, 2.05) is 0 Å². The summed E-state index contributed by atoms with van der Waals surface area (Å²) >= 11 is 0. The van der Waals surface area contributed by atoms with Gasteiger partial charge in [0.15, 0.2) is 0 Å². The van der Waals surface area contributed by atoms with Crippen LogP contribution in [0.3, 0.4) is 0 Å². The van der Waals surface area contributed by atoms with Crippen LogP contribution in [0.1, 0.15) is 55.6 Å². The van der Waals surface area contributed by atoms with E-state index in [-0.39, 0.29) is 0 Å². The molecule has 0 aliphatic rings. The first-order valence-corrected chi connectivity index (χ1v) is 20.8. The van der Waals surface area contributed by atoms with E-state index in [1.165, 1.54) is 89.5 Å². The summed E-state index contributed by atoms with van der Waals surface area (Å²) in [4.78, 5) is 4.85. The van der Waals surface area contributed by atoms with Gasteiger partial charge in [-0.15, -0.1) is 0 Å². The normalized spacial score (nSPS) is 11.4. The highest BCUT2D eigenvalue weighted by Crippen LogP contribution is 2.44. The van der Waals surface area contributed by atoms with Gasteiger partial charge in [0.2, 0.25) is 0 Å². The molecule has 0 aliphatic carbocycles. The Morgan fingerprint density at radius 1 is 0.283 bits per heavy atom. The highest BCUT2D eigenvalue weighted by Gasteiger charge is 2.21. The molecule has 0 heterocycles. The lowest BCUT2D eigenvalue weighted by molar-refractivity contribution is 1.20. The molecule has 0 fully saturated rings. The molecule has 0 unspecified atom stereocenters. The van der Waals surface area contributed by atoms with Crippen molar-refractivity contribution in [1.29, 1.82) is 0 Å². The van der Waals surface area contributed by atoms with E-state index in [0.717, 1.165) is 11.4 Å². The Labute approximate surface area is 357 Å². The van der Waals surface area contributed by atoms with Crippen LogP contribution in [0.2, 0.25) is 0 Å². The predicted octanol–water partition coefficient (Wildman–Crippen LogP) is 16.5. The number of hydrogen-bond donors (Lipinski definition) is 0. The second-order valence-corrected chi connectivity index (χ2v) is 15.8. The second kappa shape index (κ2) is 17.8. The molecule has 2 heteroatoms. The minimum absolute atomic E-state index is 1.13. The van der Waals surface area contributed by atoms with Crippen LogP contribution in [0, 0.1) is 41.5 Å². The molecule has 0 saturated heterocycles. The average Bonchev–Trinajstić information content (AvgIpc) is 3.26. The van der Waals surface area contributed by atoms with Crippen molar-refractivity contribution in [1.82, 2.24) is 0 Å². The quantitative estimate of drug-likeness (QED) is 0.121. The molecule has 0 N–H and O–H groups in total. The van der Waals surface area contributed by atoms with Gasteiger partial charge in [-0.25, -0.2) is 0 Å². The maximum Gasteiger partial charge on any atom is 0.0520 e. The first-order chi connectivity index (χ1) is 29.2. The lowest BCUT2D eigenvalue weighted by Gasteiger charge is -2.31. The van der Waals surface area contributed by atoms with Crippen LogP contribution in [-0.2, 0) is 0 Å². The molecule has 0 atom stereocenters. The molecule has 2 nitrogen and oxygen atoms in total. The second-order valence-electron chi connectivity index (χ2n) is 15.8. The van der Waals surface area contributed by atoms with Gasteiger partial charge >= 0.3 is 0 Å². The van der Waals surface area contributed by atoms with Gasteiger partial charge in [0.25, 0.3) is 0 Å². The number of benzene rings is 8. The summed E-state index contributed by atoms with van der Waals surface area (Å²) in [5.74, 6) is 0. The van der Waals surface area contributed by atoms with Crippen molar-refractivity contribution in [3.63, 3.8) is 0 Å². The van der Waals surface area contributed by atoms with Crippen molar-refractivity contribution >= 4 is 58.4 Å². The fourth-order valence-corrected chi connectivity index (χ4v) is 8.25. The monoisotopic (exact) mass is 776 g/mol. The third kappa shape index (κ3) is 8.65. The van der Waals surface area contributed by atoms with Gasteiger partial charge in [-0.3, -0.25) is 0 Å². The van der Waals surface area contributed by atoms with Crippen molar-refractivity contribution in [3.05, 3.63) is 238 Å². The number of aryl methyl sites for hydroxylation is 6. The van der Waals surface area contributed by atoms with Crippen LogP contribution in [0.4, 0.5) is 34.1 Å². The fraction of sp³-hybridized carbons (Fsp3) is 0.103. The SMILES string of the molecule is Cc1cc(-c2ccc(N(c3ccc(C=Cc4ccccc4)cc3)c3c(C)cccc3C)c(C)c2)ccc1N(c1ccc(C=Cc2ccccc2)cc1)c1c(C)cccc1C. The van der Waals surface area contributed by atoms with Gasteiger partial charge in [0, 0.05) is 22.7 Å². The molecule has 0 saturated carbocycles. The third-order valence-corrected chi connectivity index (χ3v) is 11.4. The summed E-state index contributed by atoms with van der Waals surface area (Å²) in [5, 5.41) is 0. The molecule has 0 radical (unpaired) electrons. The number of para-hydroxylation sites is 2. The summed E-state index contributed by atoms with van der Waals surface area (Å²) in [7, 11) is 0. The highest BCUT2D eigenvalue weighted by molar-refractivity contribution is 5.86. The summed E-state index contributed by atoms with van der Waals surface area (Å²) in [5.41, 5.74) is 21.5. The standard InChI is InChI=1S/C58H52N2/c1-41-15-13-16-42(2)57(41)59(53-33-27-49(28-34-53)25-23-47-19-9-7-10-20-47)55-37-31-51(39-45(55)5)52-32-38-56(46(6)40-52)60(58-43(3)17-14-18-44(58)4)54-35-29-50(30-36-54)26-24-48-21-11-8-12-22-48/h7-40H,1-6H3. The molecule has 8 aromatic rings. The van der Waals surface area contributed by atoms with Gasteiger partial charge in [-0.2, -0.15) is 0 Å². The van der Waals surface area contributed by atoms with Crippen LogP contribution in [0.5, 0.6) is 0 Å². The Morgan fingerprint density at radius 3 is 0.917 bits per heavy atom. The molecule has 294 valence electrons. The first kappa shape index (κ1) is 39.7. The zero-order valence-corrected chi connectivity index (χ0v) is 35.5. The maximum atomic E-state index is 2.42. The smallest absolute Gasteiger partial charge is 0.0520 e. The molecule has 0 amide bonds. The molecule has 8 rings (SSSR count). The largest absolute Gasteiger partial charge is 0.310 e. The van der Waals surface area contributed by atoms with Crippen LogP contribution in [0.15, 0.2) is 182 Å². The Kier molecular flexibility index (Phi) is 11.7. The van der Waals surface area contributed by atoms with Crippen molar-refractivity contribution in [3.8, 4) is 11.1 Å². The third-order valence-electron chi connectivity index (χ3n) is 11.4. The molecular weight excluding hydrogens is 725 g/mol. The van der Waals surface area contributed by atoms with Crippen LogP contribution in [0.25, 0.3) is 35.4 Å². The number of nitrogens with zero attached hydrogens (tertiary/aromatic N) is 2. The van der Waals surface area contributed by atoms with E-state index in [0.29, 0.717) is 0 Å². The Bertz CT molecular complexity index is 2560. The molecule has 0 aliphatic heterocycles.